The molecule has 2 heteroatoms. The molecule has 0 aliphatic rings. The van der Waals surface area contributed by atoms with Gasteiger partial charge in [0, 0.05) is 13.3 Å². The van der Waals surface area contributed by atoms with Crippen LogP contribution in [0.2, 0.25) is 0 Å². The molecule has 14 heavy (non-hydrogen) atoms. The molecule has 1 N–H and O–H groups in total. The molecule has 0 radical (unpaired) electrons. The molecule has 0 amide bonds. The van der Waals surface area contributed by atoms with Gasteiger partial charge in [0.1, 0.15) is 0 Å². The highest BCUT2D eigenvalue weighted by atomic mass is 14.8. The molecule has 0 fully saturated rings. The maximum atomic E-state index is 4.17. The van der Waals surface area contributed by atoms with Crippen molar-refractivity contribution in [2.24, 2.45) is 0 Å². The summed E-state index contributed by atoms with van der Waals surface area (Å²) in [4.78, 5) is 7.37. The van der Waals surface area contributed by atoms with Crippen molar-refractivity contribution < 1.29 is 1.43 Å². The minimum absolute atomic E-state index is 0. The van der Waals surface area contributed by atoms with Crippen LogP contribution in [0, 0.1) is 6.92 Å². The van der Waals surface area contributed by atoms with E-state index in [1.54, 1.807) is 6.20 Å². The Morgan fingerprint density at radius 1 is 1.21 bits per heavy atom. The molecule has 0 saturated heterocycles. The molecule has 2 rings (SSSR count). The summed E-state index contributed by atoms with van der Waals surface area (Å²) in [6.07, 6.45) is 1.80. The highest BCUT2D eigenvalue weighted by molar-refractivity contribution is 5.75. The van der Waals surface area contributed by atoms with Crippen LogP contribution < -0.4 is 0 Å². The zero-order chi connectivity index (χ0) is 11.0. The predicted molar refractivity (Wildman–Crippen MR) is 65.6 cm³/mol. The first-order valence-corrected chi connectivity index (χ1v) is 5.26. The van der Waals surface area contributed by atoms with E-state index in [0.717, 1.165) is 16.7 Å². The fourth-order valence-electron chi connectivity index (χ4n) is 1.09. The summed E-state index contributed by atoms with van der Waals surface area (Å²) in [5, 5.41) is 0. The van der Waals surface area contributed by atoms with Gasteiger partial charge in [0.15, 0.2) is 0 Å². The molecule has 0 atom stereocenters. The van der Waals surface area contributed by atoms with Crippen molar-refractivity contribution in [2.75, 3.05) is 0 Å². The van der Waals surface area contributed by atoms with Crippen molar-refractivity contribution in [3.05, 3.63) is 30.1 Å². The smallest absolute Gasteiger partial charge is 0.0881 e. The van der Waals surface area contributed by atoms with Crippen LogP contribution in [0.3, 0.4) is 0 Å². The van der Waals surface area contributed by atoms with Crippen LogP contribution in [0.25, 0.3) is 11.0 Å². The Bertz CT molecular complexity index is 322. The number of rotatable bonds is 0. The van der Waals surface area contributed by atoms with Crippen molar-refractivity contribution in [3.8, 4) is 0 Å². The number of nitrogens with zero attached hydrogens (tertiary/aromatic N) is 1. The first-order valence-electron chi connectivity index (χ1n) is 5.26. The molecule has 0 aliphatic carbocycles. The Balaban J connectivity index is 0. The standard InChI is InChI=1S/C8H8N2.2C2H6.H2/c1-6-5-8-7(10-6)3-2-4-9-8;2*1-2;/h2-5,10H,1H3;2*1-2H3;1H. The van der Waals surface area contributed by atoms with E-state index < -0.39 is 0 Å². The molecule has 0 saturated carbocycles. The third-order valence-corrected chi connectivity index (χ3v) is 1.52. The molecule has 2 aromatic rings. The van der Waals surface area contributed by atoms with Gasteiger partial charge in [0.2, 0.25) is 0 Å². The van der Waals surface area contributed by atoms with E-state index in [4.69, 9.17) is 0 Å². The first kappa shape index (κ1) is 12.7. The lowest BCUT2D eigenvalue weighted by atomic mass is 10.4. The van der Waals surface area contributed by atoms with E-state index in [9.17, 15) is 0 Å². The van der Waals surface area contributed by atoms with Crippen molar-refractivity contribution in [1.29, 1.82) is 0 Å². The number of H-pyrrole nitrogens is 1. The number of hydrogen-bond acceptors (Lipinski definition) is 1. The summed E-state index contributed by atoms with van der Waals surface area (Å²) in [6, 6.07) is 5.99. The summed E-state index contributed by atoms with van der Waals surface area (Å²) in [5.74, 6) is 0. The topological polar surface area (TPSA) is 28.7 Å². The van der Waals surface area contributed by atoms with E-state index in [1.807, 2.05) is 52.8 Å². The largest absolute Gasteiger partial charge is 0.357 e. The normalized spacial score (nSPS) is 8.36. The average molecular weight is 194 g/mol. The van der Waals surface area contributed by atoms with Gasteiger partial charge in [-0.15, -0.1) is 0 Å². The number of aromatic nitrogens is 2. The van der Waals surface area contributed by atoms with Crippen molar-refractivity contribution in [1.82, 2.24) is 9.97 Å². The number of aromatic amines is 1. The number of nitrogens with one attached hydrogen (secondary N) is 1. The van der Waals surface area contributed by atoms with Gasteiger partial charge in [-0.3, -0.25) is 4.98 Å². The van der Waals surface area contributed by atoms with Crippen LogP contribution in [-0.2, 0) is 0 Å². The average Bonchev–Trinajstić information content (AvgIpc) is 2.64. The molecule has 0 unspecified atom stereocenters. The Kier molecular flexibility index (Phi) is 6.46. The molecule has 0 aromatic carbocycles. The molecule has 2 heterocycles. The first-order chi connectivity index (χ1) is 6.86. The summed E-state index contributed by atoms with van der Waals surface area (Å²) >= 11 is 0. The third kappa shape index (κ3) is 3.21. The van der Waals surface area contributed by atoms with Gasteiger partial charge >= 0.3 is 0 Å². The van der Waals surface area contributed by atoms with E-state index in [0.29, 0.717) is 0 Å². The van der Waals surface area contributed by atoms with Gasteiger partial charge in [-0.25, -0.2) is 0 Å². The molecule has 0 aliphatic heterocycles. The summed E-state index contributed by atoms with van der Waals surface area (Å²) in [6.45, 7) is 10.0. The Morgan fingerprint density at radius 2 is 1.86 bits per heavy atom. The van der Waals surface area contributed by atoms with Gasteiger partial charge in [-0.2, -0.15) is 0 Å². The zero-order valence-electron chi connectivity index (χ0n) is 9.76. The lowest BCUT2D eigenvalue weighted by molar-refractivity contribution is 1.30. The fraction of sp³-hybridized carbons (Fsp3) is 0.417. The van der Waals surface area contributed by atoms with Crippen molar-refractivity contribution in [2.45, 2.75) is 34.6 Å². The molecule has 80 valence electrons. The molecule has 2 aromatic heterocycles. The minimum atomic E-state index is 0. The second-order valence-electron chi connectivity index (χ2n) is 2.39. The van der Waals surface area contributed by atoms with E-state index in [-0.39, 0.29) is 1.43 Å². The van der Waals surface area contributed by atoms with E-state index in [1.165, 1.54) is 0 Å². The Morgan fingerprint density at radius 3 is 2.43 bits per heavy atom. The highest BCUT2D eigenvalue weighted by Crippen LogP contribution is 2.09. The van der Waals surface area contributed by atoms with Crippen LogP contribution in [-0.4, -0.2) is 9.97 Å². The van der Waals surface area contributed by atoms with Crippen molar-refractivity contribution in [3.63, 3.8) is 0 Å². The van der Waals surface area contributed by atoms with Gasteiger partial charge < -0.3 is 4.98 Å². The SMILES string of the molecule is CC.CC.Cc1cc2ncccc2[nH]1.[HH]. The second kappa shape index (κ2) is 7.13. The molecule has 0 bridgehead atoms. The van der Waals surface area contributed by atoms with Gasteiger partial charge in [0.25, 0.3) is 0 Å². The fourth-order valence-corrected chi connectivity index (χ4v) is 1.09. The Labute approximate surface area is 87.9 Å². The lowest BCUT2D eigenvalue weighted by Crippen LogP contribution is -1.69. The van der Waals surface area contributed by atoms with Gasteiger partial charge in [-0.1, -0.05) is 27.7 Å². The number of hydrogen-bond donors (Lipinski definition) is 1. The highest BCUT2D eigenvalue weighted by Gasteiger charge is 1.93. The maximum absolute atomic E-state index is 4.17. The summed E-state index contributed by atoms with van der Waals surface area (Å²) < 4.78 is 0. The number of pyridine rings is 1. The molecule has 2 nitrogen and oxygen atoms in total. The maximum Gasteiger partial charge on any atom is 0.0881 e. The molecular weight excluding hydrogens is 172 g/mol. The quantitative estimate of drug-likeness (QED) is 0.670. The number of fused-ring (bicyclic) bond motifs is 1. The van der Waals surface area contributed by atoms with Crippen LogP contribution in [0.1, 0.15) is 34.8 Å². The van der Waals surface area contributed by atoms with Gasteiger partial charge in [-0.05, 0) is 25.1 Å². The Hall–Kier alpha value is -1.31. The van der Waals surface area contributed by atoms with Crippen molar-refractivity contribution >= 4 is 11.0 Å². The van der Waals surface area contributed by atoms with Crippen LogP contribution >= 0.6 is 0 Å². The van der Waals surface area contributed by atoms with Gasteiger partial charge in [0.05, 0.1) is 11.0 Å². The summed E-state index contributed by atoms with van der Waals surface area (Å²) in [7, 11) is 0. The van der Waals surface area contributed by atoms with E-state index in [2.05, 4.69) is 9.97 Å². The second-order valence-corrected chi connectivity index (χ2v) is 2.39. The minimum Gasteiger partial charge on any atom is -0.357 e. The van der Waals surface area contributed by atoms with Crippen LogP contribution in [0.15, 0.2) is 24.4 Å². The third-order valence-electron chi connectivity index (χ3n) is 1.52. The zero-order valence-corrected chi connectivity index (χ0v) is 9.76. The predicted octanol–water partition coefficient (Wildman–Crippen LogP) is 4.17. The van der Waals surface area contributed by atoms with Crippen LogP contribution in [0.4, 0.5) is 0 Å². The molecular formula is C12H22N2. The van der Waals surface area contributed by atoms with Crippen LogP contribution in [0.5, 0.6) is 0 Å². The van der Waals surface area contributed by atoms with E-state index >= 15 is 0 Å². The summed E-state index contributed by atoms with van der Waals surface area (Å²) in [5.41, 5.74) is 3.31. The monoisotopic (exact) mass is 194 g/mol. The molecule has 0 spiro atoms. The number of aryl methyl sites for hydroxylation is 1. The lowest BCUT2D eigenvalue weighted by Gasteiger charge is -1.83.